The first kappa shape index (κ1) is 10.9. The minimum Gasteiger partial charge on any atom is -0.496 e. The average Bonchev–Trinajstić information content (AvgIpc) is 2.18. The van der Waals surface area contributed by atoms with Gasteiger partial charge in [-0.1, -0.05) is 12.1 Å². The number of hydrogen-bond acceptors (Lipinski definition) is 3. The molecule has 0 aliphatic carbocycles. The van der Waals surface area contributed by atoms with Crippen LogP contribution in [0.1, 0.15) is 17.6 Å². The largest absolute Gasteiger partial charge is 0.496 e. The van der Waals surface area contributed by atoms with E-state index in [2.05, 4.69) is 0 Å². The van der Waals surface area contributed by atoms with Crippen molar-refractivity contribution in [2.75, 3.05) is 7.11 Å². The Morgan fingerprint density at radius 3 is 2.71 bits per heavy atom. The molecule has 3 nitrogen and oxygen atoms in total. The van der Waals surface area contributed by atoms with Gasteiger partial charge in [-0.05, 0) is 6.07 Å². The second-order valence-electron chi connectivity index (χ2n) is 2.68. The maximum Gasteiger partial charge on any atom is 0.267 e. The van der Waals surface area contributed by atoms with Crippen LogP contribution >= 0.6 is 0 Å². The Hall–Kier alpha value is -1.20. The number of benzene rings is 1. The van der Waals surface area contributed by atoms with Gasteiger partial charge in [0.15, 0.2) is 0 Å². The van der Waals surface area contributed by atoms with Gasteiger partial charge in [0.25, 0.3) is 6.43 Å². The number of hydroxylamine groups is 1. The zero-order valence-corrected chi connectivity index (χ0v) is 7.63. The molecule has 1 rings (SSSR count). The molecule has 5 heteroatoms. The molecule has 14 heavy (non-hydrogen) atoms. The second kappa shape index (κ2) is 4.88. The summed E-state index contributed by atoms with van der Waals surface area (Å²) in [5.74, 6) is 0.115. The van der Waals surface area contributed by atoms with E-state index >= 15 is 0 Å². The van der Waals surface area contributed by atoms with Gasteiger partial charge in [0.05, 0.1) is 12.7 Å². The number of rotatable bonds is 4. The molecular weight excluding hydrogens is 192 g/mol. The molecule has 0 amide bonds. The summed E-state index contributed by atoms with van der Waals surface area (Å²) in [5, 5.41) is 8.48. The fraction of sp³-hybridized carbons (Fsp3) is 0.333. The van der Waals surface area contributed by atoms with Crippen LogP contribution in [0.25, 0.3) is 0 Å². The topological polar surface area (TPSA) is 41.5 Å². The van der Waals surface area contributed by atoms with Gasteiger partial charge in [-0.25, -0.2) is 14.3 Å². The Morgan fingerprint density at radius 2 is 2.21 bits per heavy atom. The molecule has 0 saturated heterocycles. The van der Waals surface area contributed by atoms with Gasteiger partial charge >= 0.3 is 0 Å². The van der Waals surface area contributed by atoms with E-state index in [0.717, 1.165) is 0 Å². The van der Waals surface area contributed by atoms with Gasteiger partial charge in [0, 0.05) is 12.1 Å². The molecule has 1 aromatic carbocycles. The minimum absolute atomic E-state index is 0.0731. The molecule has 0 radical (unpaired) electrons. The Bertz CT molecular complexity index is 305. The summed E-state index contributed by atoms with van der Waals surface area (Å²) in [6.07, 6.45) is -2.58. The molecule has 0 spiro atoms. The first-order chi connectivity index (χ1) is 6.70. The third-order valence-corrected chi connectivity index (χ3v) is 1.84. The van der Waals surface area contributed by atoms with Crippen LogP contribution in [0.3, 0.4) is 0 Å². The summed E-state index contributed by atoms with van der Waals surface area (Å²) in [6, 6.07) is 4.40. The van der Waals surface area contributed by atoms with E-state index < -0.39 is 6.43 Å². The highest BCUT2D eigenvalue weighted by atomic mass is 19.3. The molecule has 0 atom stereocenters. The van der Waals surface area contributed by atoms with Gasteiger partial charge < -0.3 is 9.94 Å². The average molecular weight is 203 g/mol. The molecule has 0 saturated carbocycles. The van der Waals surface area contributed by atoms with Crippen LogP contribution in [0.2, 0.25) is 0 Å². The molecule has 1 aromatic rings. The highest BCUT2D eigenvalue weighted by molar-refractivity contribution is 5.42. The minimum atomic E-state index is -2.58. The summed E-state index contributed by atoms with van der Waals surface area (Å²) in [6.45, 7) is 0.0731. The lowest BCUT2D eigenvalue weighted by Crippen LogP contribution is -2.08. The third kappa shape index (κ3) is 2.18. The zero-order chi connectivity index (χ0) is 10.6. The van der Waals surface area contributed by atoms with E-state index in [1.165, 1.54) is 19.2 Å². The Morgan fingerprint density at radius 1 is 1.50 bits per heavy atom. The van der Waals surface area contributed by atoms with E-state index in [4.69, 9.17) is 9.94 Å². The van der Waals surface area contributed by atoms with Crippen molar-refractivity contribution in [1.29, 1.82) is 0 Å². The summed E-state index contributed by atoms with van der Waals surface area (Å²) in [4.78, 5) is 0. The SMILES string of the molecule is COc1c(CNO)cccc1C(F)F. The fourth-order valence-corrected chi connectivity index (χ4v) is 1.25. The van der Waals surface area contributed by atoms with Crippen LogP contribution in [0.4, 0.5) is 8.78 Å². The molecule has 0 aliphatic heterocycles. The van der Waals surface area contributed by atoms with E-state index in [1.807, 2.05) is 5.48 Å². The third-order valence-electron chi connectivity index (χ3n) is 1.84. The standard InChI is InChI=1S/C9H11F2NO2/c1-14-8-6(5-12-13)3-2-4-7(8)9(10)11/h2-4,9,12-13H,5H2,1H3. The van der Waals surface area contributed by atoms with Crippen LogP contribution in [0, 0.1) is 0 Å². The molecule has 0 aromatic heterocycles. The normalized spacial score (nSPS) is 10.6. The first-order valence-electron chi connectivity index (χ1n) is 4.01. The van der Waals surface area contributed by atoms with Crippen molar-refractivity contribution >= 4 is 0 Å². The zero-order valence-electron chi connectivity index (χ0n) is 7.63. The number of methoxy groups -OCH3 is 1. The van der Waals surface area contributed by atoms with Gasteiger partial charge in [0.2, 0.25) is 0 Å². The lowest BCUT2D eigenvalue weighted by Gasteiger charge is -2.12. The molecule has 0 fully saturated rings. The predicted octanol–water partition coefficient (Wildman–Crippen LogP) is 2.11. The maximum atomic E-state index is 12.5. The van der Waals surface area contributed by atoms with Crippen LogP contribution in [-0.4, -0.2) is 12.3 Å². The number of alkyl halides is 2. The molecular formula is C9H11F2NO2. The maximum absolute atomic E-state index is 12.5. The first-order valence-corrected chi connectivity index (χ1v) is 4.01. The van der Waals surface area contributed by atoms with Crippen molar-refractivity contribution in [1.82, 2.24) is 5.48 Å². The van der Waals surface area contributed by atoms with E-state index in [9.17, 15) is 8.78 Å². The number of halogens is 2. The Balaban J connectivity index is 3.11. The van der Waals surface area contributed by atoms with Gasteiger partial charge in [0.1, 0.15) is 5.75 Å². The fourth-order valence-electron chi connectivity index (χ4n) is 1.25. The highest BCUT2D eigenvalue weighted by Crippen LogP contribution is 2.31. The number of nitrogens with one attached hydrogen (secondary N) is 1. The molecule has 0 aliphatic rings. The van der Waals surface area contributed by atoms with Crippen LogP contribution in [0.5, 0.6) is 5.75 Å². The lowest BCUT2D eigenvalue weighted by atomic mass is 10.1. The van der Waals surface area contributed by atoms with Gasteiger partial charge in [-0.3, -0.25) is 0 Å². The number of para-hydroxylation sites is 1. The van der Waals surface area contributed by atoms with Crippen LogP contribution in [-0.2, 0) is 6.54 Å². The molecule has 0 bridgehead atoms. The van der Waals surface area contributed by atoms with E-state index in [-0.39, 0.29) is 17.9 Å². The van der Waals surface area contributed by atoms with Crippen molar-refractivity contribution in [2.45, 2.75) is 13.0 Å². The molecule has 0 heterocycles. The van der Waals surface area contributed by atoms with Crippen molar-refractivity contribution in [3.8, 4) is 5.75 Å². The summed E-state index contributed by atoms with van der Waals surface area (Å²) in [5.41, 5.74) is 2.23. The quantitative estimate of drug-likeness (QED) is 0.736. The van der Waals surface area contributed by atoms with E-state index in [1.54, 1.807) is 6.07 Å². The van der Waals surface area contributed by atoms with Crippen molar-refractivity contribution < 1.29 is 18.7 Å². The smallest absolute Gasteiger partial charge is 0.267 e. The molecule has 78 valence electrons. The Kier molecular flexibility index (Phi) is 3.79. The second-order valence-corrected chi connectivity index (χ2v) is 2.68. The van der Waals surface area contributed by atoms with Crippen LogP contribution in [0.15, 0.2) is 18.2 Å². The van der Waals surface area contributed by atoms with Gasteiger partial charge in [-0.15, -0.1) is 0 Å². The molecule has 2 N–H and O–H groups in total. The predicted molar refractivity (Wildman–Crippen MR) is 46.6 cm³/mol. The summed E-state index contributed by atoms with van der Waals surface area (Å²) < 4.78 is 29.8. The van der Waals surface area contributed by atoms with E-state index in [0.29, 0.717) is 5.56 Å². The van der Waals surface area contributed by atoms with Crippen molar-refractivity contribution in [3.63, 3.8) is 0 Å². The van der Waals surface area contributed by atoms with Crippen molar-refractivity contribution in [2.24, 2.45) is 0 Å². The number of ether oxygens (including phenoxy) is 1. The lowest BCUT2D eigenvalue weighted by molar-refractivity contribution is 0.144. The monoisotopic (exact) mass is 203 g/mol. The summed E-state index contributed by atoms with van der Waals surface area (Å²) >= 11 is 0. The summed E-state index contributed by atoms with van der Waals surface area (Å²) in [7, 11) is 1.32. The molecule has 0 unspecified atom stereocenters. The van der Waals surface area contributed by atoms with Gasteiger partial charge in [-0.2, -0.15) is 0 Å². The Labute approximate surface area is 80.3 Å². The van der Waals surface area contributed by atoms with Crippen molar-refractivity contribution in [3.05, 3.63) is 29.3 Å². The van der Waals surface area contributed by atoms with Crippen LogP contribution < -0.4 is 10.2 Å². The number of hydrogen-bond donors (Lipinski definition) is 2. The highest BCUT2D eigenvalue weighted by Gasteiger charge is 2.16.